The zero-order valence-electron chi connectivity index (χ0n) is 15.5. The lowest BCUT2D eigenvalue weighted by Gasteiger charge is -2.23. The fraction of sp³-hybridized carbons (Fsp3) is 0.647. The normalized spacial score (nSPS) is 17.8. The molecule has 0 aromatic carbocycles. The maximum Gasteiger partial charge on any atom is 0.191 e. The first kappa shape index (κ1) is 22.2. The van der Waals surface area contributed by atoms with Gasteiger partial charge in [-0.05, 0) is 39.4 Å². The van der Waals surface area contributed by atoms with Crippen LogP contribution >= 0.6 is 35.6 Å². The average Bonchev–Trinajstić information content (AvgIpc) is 3.02. The van der Waals surface area contributed by atoms with E-state index in [0.717, 1.165) is 44.4 Å². The van der Waals surface area contributed by atoms with Gasteiger partial charge in [0.15, 0.2) is 5.96 Å². The number of rotatable bonds is 6. The highest BCUT2D eigenvalue weighted by molar-refractivity contribution is 14.0. The van der Waals surface area contributed by atoms with Gasteiger partial charge >= 0.3 is 0 Å². The number of hydrogen-bond acceptors (Lipinski definition) is 4. The van der Waals surface area contributed by atoms with Crippen LogP contribution in [0.5, 0.6) is 0 Å². The van der Waals surface area contributed by atoms with E-state index in [2.05, 4.69) is 51.3 Å². The third kappa shape index (κ3) is 6.79. The second-order valence-electron chi connectivity index (χ2n) is 6.46. The van der Waals surface area contributed by atoms with E-state index in [0.29, 0.717) is 17.1 Å². The van der Waals surface area contributed by atoms with Gasteiger partial charge in [-0.15, -0.1) is 24.0 Å². The quantitative estimate of drug-likeness (QED) is 0.372. The Kier molecular flexibility index (Phi) is 9.81. The minimum absolute atomic E-state index is 0. The number of aliphatic imine (C=N–C) groups is 1. The summed E-state index contributed by atoms with van der Waals surface area (Å²) in [4.78, 5) is 13.2. The number of nitrogens with zero attached hydrogens (tertiary/aromatic N) is 4. The predicted molar refractivity (Wildman–Crippen MR) is 118 cm³/mol. The zero-order valence-corrected chi connectivity index (χ0v) is 18.6. The largest absolute Gasteiger partial charge is 0.355 e. The van der Waals surface area contributed by atoms with Gasteiger partial charge in [-0.25, -0.2) is 4.98 Å². The smallest absolute Gasteiger partial charge is 0.191 e. The molecule has 0 amide bonds. The Bertz CT molecular complexity index is 554. The number of anilines is 1. The molecule has 142 valence electrons. The fourth-order valence-electron chi connectivity index (χ4n) is 2.68. The molecule has 1 aliphatic heterocycles. The number of halogens is 2. The SMILES string of the molecule is CN=C(NCCN(C)C(C)C)NC1CCN(c2ncccc2Cl)C1.I. The highest BCUT2D eigenvalue weighted by Gasteiger charge is 2.25. The van der Waals surface area contributed by atoms with Gasteiger partial charge in [0.2, 0.25) is 0 Å². The summed E-state index contributed by atoms with van der Waals surface area (Å²) in [6, 6.07) is 4.64. The van der Waals surface area contributed by atoms with Crippen molar-refractivity contribution >= 4 is 47.4 Å². The van der Waals surface area contributed by atoms with Crippen LogP contribution < -0.4 is 15.5 Å². The Morgan fingerprint density at radius 3 is 2.92 bits per heavy atom. The number of pyridine rings is 1. The van der Waals surface area contributed by atoms with Gasteiger partial charge in [-0.1, -0.05) is 11.6 Å². The van der Waals surface area contributed by atoms with Gasteiger partial charge in [0, 0.05) is 51.5 Å². The summed E-state index contributed by atoms with van der Waals surface area (Å²) in [5.74, 6) is 1.72. The average molecular weight is 481 g/mol. The molecule has 0 aliphatic carbocycles. The number of likely N-dealkylation sites (N-methyl/N-ethyl adjacent to an activating group) is 1. The van der Waals surface area contributed by atoms with Gasteiger partial charge in [-0.3, -0.25) is 4.99 Å². The van der Waals surface area contributed by atoms with Crippen LogP contribution in [0.15, 0.2) is 23.3 Å². The van der Waals surface area contributed by atoms with Crippen LogP contribution in [0.1, 0.15) is 20.3 Å². The minimum Gasteiger partial charge on any atom is -0.355 e. The van der Waals surface area contributed by atoms with Crippen molar-refractivity contribution in [1.29, 1.82) is 0 Å². The fourth-order valence-corrected chi connectivity index (χ4v) is 2.92. The first-order valence-electron chi connectivity index (χ1n) is 8.54. The Morgan fingerprint density at radius 2 is 2.28 bits per heavy atom. The third-order valence-electron chi connectivity index (χ3n) is 4.43. The minimum atomic E-state index is 0. The Morgan fingerprint density at radius 1 is 1.52 bits per heavy atom. The van der Waals surface area contributed by atoms with Crippen LogP contribution in [-0.4, -0.2) is 68.2 Å². The van der Waals surface area contributed by atoms with Crippen molar-refractivity contribution in [2.75, 3.05) is 45.2 Å². The summed E-state index contributed by atoms with van der Waals surface area (Å²) in [7, 11) is 3.94. The molecule has 2 heterocycles. The molecule has 1 fully saturated rings. The van der Waals surface area contributed by atoms with E-state index >= 15 is 0 Å². The van der Waals surface area contributed by atoms with E-state index < -0.39 is 0 Å². The molecule has 2 rings (SSSR count). The summed E-state index contributed by atoms with van der Waals surface area (Å²) in [6.07, 6.45) is 2.83. The standard InChI is InChI=1S/C17H29ClN6.HI/c1-13(2)23(4)11-9-21-17(19-3)22-14-7-10-24(12-14)16-15(18)6-5-8-20-16;/h5-6,8,13-14H,7,9-12H2,1-4H3,(H2,19,21,22);1H. The van der Waals surface area contributed by atoms with E-state index in [-0.39, 0.29) is 24.0 Å². The lowest BCUT2D eigenvalue weighted by atomic mass is 10.3. The lowest BCUT2D eigenvalue weighted by Crippen LogP contribution is -2.46. The zero-order chi connectivity index (χ0) is 17.5. The lowest BCUT2D eigenvalue weighted by molar-refractivity contribution is 0.278. The monoisotopic (exact) mass is 480 g/mol. The van der Waals surface area contributed by atoms with Crippen molar-refractivity contribution < 1.29 is 0 Å². The molecule has 1 unspecified atom stereocenters. The second kappa shape index (κ2) is 11.0. The maximum absolute atomic E-state index is 6.24. The molecule has 1 atom stereocenters. The summed E-state index contributed by atoms with van der Waals surface area (Å²) in [6.45, 7) is 8.08. The van der Waals surface area contributed by atoms with E-state index in [9.17, 15) is 0 Å². The number of hydrogen-bond donors (Lipinski definition) is 2. The third-order valence-corrected chi connectivity index (χ3v) is 4.72. The summed E-state index contributed by atoms with van der Waals surface area (Å²) in [5.41, 5.74) is 0. The molecular formula is C17H30ClIN6. The molecule has 0 spiro atoms. The van der Waals surface area contributed by atoms with Crippen molar-refractivity contribution in [3.05, 3.63) is 23.4 Å². The van der Waals surface area contributed by atoms with Crippen LogP contribution in [-0.2, 0) is 0 Å². The van der Waals surface area contributed by atoms with Crippen molar-refractivity contribution in [1.82, 2.24) is 20.5 Å². The highest BCUT2D eigenvalue weighted by Crippen LogP contribution is 2.25. The Labute approximate surface area is 173 Å². The summed E-state index contributed by atoms with van der Waals surface area (Å²) in [5, 5.41) is 7.59. The van der Waals surface area contributed by atoms with Crippen LogP contribution in [0.2, 0.25) is 5.02 Å². The van der Waals surface area contributed by atoms with E-state index in [1.54, 1.807) is 6.20 Å². The van der Waals surface area contributed by atoms with Crippen molar-refractivity contribution in [3.63, 3.8) is 0 Å². The number of nitrogens with one attached hydrogen (secondary N) is 2. The highest BCUT2D eigenvalue weighted by atomic mass is 127. The molecule has 6 nitrogen and oxygen atoms in total. The predicted octanol–water partition coefficient (Wildman–Crippen LogP) is 2.44. The molecule has 2 N–H and O–H groups in total. The van der Waals surface area contributed by atoms with Gasteiger partial charge < -0.3 is 20.4 Å². The molecule has 25 heavy (non-hydrogen) atoms. The molecule has 0 saturated carbocycles. The van der Waals surface area contributed by atoms with Crippen LogP contribution in [0.3, 0.4) is 0 Å². The van der Waals surface area contributed by atoms with E-state index in [4.69, 9.17) is 11.6 Å². The molecule has 0 radical (unpaired) electrons. The molecule has 8 heteroatoms. The van der Waals surface area contributed by atoms with E-state index in [1.807, 2.05) is 19.2 Å². The topological polar surface area (TPSA) is 55.8 Å². The number of aromatic nitrogens is 1. The summed E-state index contributed by atoms with van der Waals surface area (Å²) < 4.78 is 0. The molecule has 1 aliphatic rings. The van der Waals surface area contributed by atoms with Crippen molar-refractivity contribution in [2.24, 2.45) is 4.99 Å². The maximum atomic E-state index is 6.24. The van der Waals surface area contributed by atoms with Crippen LogP contribution in [0.25, 0.3) is 0 Å². The first-order chi connectivity index (χ1) is 11.5. The second-order valence-corrected chi connectivity index (χ2v) is 6.87. The molecule has 1 aromatic heterocycles. The Hall–Kier alpha value is -0.800. The van der Waals surface area contributed by atoms with Gasteiger partial charge in [0.05, 0.1) is 5.02 Å². The van der Waals surface area contributed by atoms with Gasteiger partial charge in [-0.2, -0.15) is 0 Å². The van der Waals surface area contributed by atoms with E-state index in [1.165, 1.54) is 0 Å². The molecular weight excluding hydrogens is 451 g/mol. The van der Waals surface area contributed by atoms with Crippen molar-refractivity contribution in [2.45, 2.75) is 32.4 Å². The Balaban J connectivity index is 0.00000312. The number of guanidine groups is 1. The molecule has 1 saturated heterocycles. The van der Waals surface area contributed by atoms with Gasteiger partial charge in [0.25, 0.3) is 0 Å². The molecule has 1 aromatic rings. The van der Waals surface area contributed by atoms with Crippen LogP contribution in [0.4, 0.5) is 5.82 Å². The molecule has 0 bridgehead atoms. The van der Waals surface area contributed by atoms with Gasteiger partial charge in [0.1, 0.15) is 5.82 Å². The van der Waals surface area contributed by atoms with Crippen LogP contribution in [0, 0.1) is 0 Å². The summed E-state index contributed by atoms with van der Waals surface area (Å²) >= 11 is 6.24. The van der Waals surface area contributed by atoms with Crippen molar-refractivity contribution in [3.8, 4) is 0 Å². The first-order valence-corrected chi connectivity index (χ1v) is 8.92.